The first-order valence-corrected chi connectivity index (χ1v) is 4.16. The Kier molecular flexibility index (Phi) is 3.82. The van der Waals surface area contributed by atoms with Crippen molar-refractivity contribution in [1.29, 1.82) is 0 Å². The third-order valence-corrected chi connectivity index (χ3v) is 1.65. The van der Waals surface area contributed by atoms with E-state index >= 15 is 0 Å². The van der Waals surface area contributed by atoms with E-state index in [-0.39, 0.29) is 6.61 Å². The Morgan fingerprint density at radius 3 is 2.64 bits per heavy atom. The highest BCUT2D eigenvalue weighted by molar-refractivity contribution is 5.15. The summed E-state index contributed by atoms with van der Waals surface area (Å²) in [6.07, 6.45) is 0.383. The Hall–Kier alpha value is -1.68. The molecule has 0 heterocycles. The van der Waals surface area contributed by atoms with Gasteiger partial charge in [0.1, 0.15) is 0 Å². The van der Waals surface area contributed by atoms with Crippen LogP contribution < -0.4 is 0 Å². The van der Waals surface area contributed by atoms with Crippen molar-refractivity contribution in [3.05, 3.63) is 58.7 Å². The fourth-order valence-corrected chi connectivity index (χ4v) is 1.06. The molecular weight excluding hydrogens is 182 g/mol. The maximum Gasteiger partial charge on any atom is 0.342 e. The summed E-state index contributed by atoms with van der Waals surface area (Å²) in [6, 6.07) is 8.60. The molecule has 0 spiro atoms. The smallest absolute Gasteiger partial charge is 0.309 e. The van der Waals surface area contributed by atoms with E-state index in [4.69, 9.17) is 4.74 Å². The van der Waals surface area contributed by atoms with E-state index < -0.39 is 11.2 Å². The van der Waals surface area contributed by atoms with Crippen molar-refractivity contribution in [1.82, 2.24) is 0 Å². The van der Waals surface area contributed by atoms with Crippen molar-refractivity contribution >= 4 is 0 Å². The van der Waals surface area contributed by atoms with Crippen molar-refractivity contribution < 1.29 is 9.66 Å². The van der Waals surface area contributed by atoms with Crippen LogP contribution in [0, 0.1) is 10.1 Å². The summed E-state index contributed by atoms with van der Waals surface area (Å²) in [7, 11) is 0. The average Bonchev–Trinajstić information content (AvgIpc) is 2.19. The number of hydrogen-bond donors (Lipinski definition) is 0. The van der Waals surface area contributed by atoms with Gasteiger partial charge in [0, 0.05) is 0 Å². The molecule has 0 saturated carbocycles. The zero-order valence-corrected chi connectivity index (χ0v) is 7.63. The van der Waals surface area contributed by atoms with E-state index in [1.54, 1.807) is 30.3 Å². The fraction of sp³-hybridized carbons (Fsp3) is 0.200. The molecule has 1 atom stereocenters. The molecule has 0 aliphatic carbocycles. The highest BCUT2D eigenvalue weighted by atomic mass is 16.7. The van der Waals surface area contributed by atoms with E-state index in [2.05, 4.69) is 6.58 Å². The molecule has 0 radical (unpaired) electrons. The maximum absolute atomic E-state index is 10.7. The molecule has 4 nitrogen and oxygen atoms in total. The van der Waals surface area contributed by atoms with Crippen LogP contribution in [0.1, 0.15) is 11.8 Å². The molecule has 0 aliphatic heterocycles. The molecule has 0 aliphatic rings. The van der Waals surface area contributed by atoms with Crippen LogP contribution in [0.3, 0.4) is 0 Å². The molecule has 4 heteroatoms. The summed E-state index contributed by atoms with van der Waals surface area (Å²) in [4.78, 5) is 10.2. The van der Waals surface area contributed by atoms with Gasteiger partial charge < -0.3 is 4.74 Å². The number of hydrogen-bond acceptors (Lipinski definition) is 3. The standard InChI is InChI=1S/C10H11NO3/c1-2-8-14-10(11(12)13)9-6-4-3-5-7-9/h2-7,10H,1,8H2. The second-order valence-electron chi connectivity index (χ2n) is 2.67. The van der Waals surface area contributed by atoms with Gasteiger partial charge in [0.15, 0.2) is 0 Å². The van der Waals surface area contributed by atoms with Crippen molar-refractivity contribution in [3.63, 3.8) is 0 Å². The van der Waals surface area contributed by atoms with Crippen LogP contribution in [-0.4, -0.2) is 11.5 Å². The normalized spacial score (nSPS) is 12.0. The molecule has 1 unspecified atom stereocenters. The van der Waals surface area contributed by atoms with Gasteiger partial charge in [-0.05, 0) is 12.1 Å². The van der Waals surface area contributed by atoms with Gasteiger partial charge in [0.05, 0.1) is 17.1 Å². The topological polar surface area (TPSA) is 52.4 Å². The largest absolute Gasteiger partial charge is 0.342 e. The van der Waals surface area contributed by atoms with Gasteiger partial charge in [-0.1, -0.05) is 24.3 Å². The average molecular weight is 193 g/mol. The van der Waals surface area contributed by atoms with Gasteiger partial charge in [0.2, 0.25) is 0 Å². The molecule has 1 aromatic rings. The summed E-state index contributed by atoms with van der Waals surface area (Å²) < 4.78 is 5.02. The Bertz CT molecular complexity index is 310. The van der Waals surface area contributed by atoms with Gasteiger partial charge in [0.25, 0.3) is 0 Å². The zero-order valence-electron chi connectivity index (χ0n) is 7.63. The van der Waals surface area contributed by atoms with Crippen LogP contribution >= 0.6 is 0 Å². The molecule has 1 rings (SSSR count). The van der Waals surface area contributed by atoms with Gasteiger partial charge in [-0.25, -0.2) is 0 Å². The monoisotopic (exact) mass is 193 g/mol. The number of rotatable bonds is 5. The second kappa shape index (κ2) is 5.14. The van der Waals surface area contributed by atoms with Crippen LogP contribution in [0.4, 0.5) is 0 Å². The minimum absolute atomic E-state index is 0.167. The maximum atomic E-state index is 10.7. The van der Waals surface area contributed by atoms with Gasteiger partial charge >= 0.3 is 6.23 Å². The van der Waals surface area contributed by atoms with Crippen molar-refractivity contribution in [3.8, 4) is 0 Å². The first-order chi connectivity index (χ1) is 6.75. The number of benzene rings is 1. The van der Waals surface area contributed by atoms with Crippen molar-refractivity contribution in [2.24, 2.45) is 0 Å². The first kappa shape index (κ1) is 10.4. The Morgan fingerprint density at radius 2 is 2.14 bits per heavy atom. The van der Waals surface area contributed by atoms with Gasteiger partial charge in [-0.3, -0.25) is 10.1 Å². The molecule has 0 fully saturated rings. The minimum Gasteiger partial charge on any atom is -0.309 e. The predicted molar refractivity (Wildman–Crippen MR) is 52.3 cm³/mol. The number of nitro groups is 1. The van der Waals surface area contributed by atoms with Gasteiger partial charge in [-0.15, -0.1) is 6.58 Å². The summed E-state index contributed by atoms with van der Waals surface area (Å²) in [5.41, 5.74) is 0.541. The third-order valence-electron chi connectivity index (χ3n) is 1.65. The van der Waals surface area contributed by atoms with Crippen molar-refractivity contribution in [2.45, 2.75) is 6.23 Å². The predicted octanol–water partition coefficient (Wildman–Crippen LogP) is 2.16. The molecule has 0 saturated heterocycles. The molecular formula is C10H11NO3. The quantitative estimate of drug-likeness (QED) is 0.311. The molecule has 0 bridgehead atoms. The first-order valence-electron chi connectivity index (χ1n) is 4.16. The molecule has 0 N–H and O–H groups in total. The second-order valence-corrected chi connectivity index (χ2v) is 2.67. The third kappa shape index (κ3) is 2.67. The minimum atomic E-state index is -1.10. The highest BCUT2D eigenvalue weighted by Gasteiger charge is 2.21. The Labute approximate surface area is 82.0 Å². The highest BCUT2D eigenvalue weighted by Crippen LogP contribution is 2.17. The lowest BCUT2D eigenvalue weighted by atomic mass is 10.2. The Morgan fingerprint density at radius 1 is 1.50 bits per heavy atom. The SMILES string of the molecule is C=CCOC(c1ccccc1)[N+](=O)[O-]. The van der Waals surface area contributed by atoms with Crippen LogP contribution in [0.2, 0.25) is 0 Å². The summed E-state index contributed by atoms with van der Waals surface area (Å²) >= 11 is 0. The van der Waals surface area contributed by atoms with Crippen LogP contribution in [-0.2, 0) is 4.74 Å². The summed E-state index contributed by atoms with van der Waals surface area (Å²) in [5.74, 6) is 0. The van der Waals surface area contributed by atoms with Crippen molar-refractivity contribution in [2.75, 3.05) is 6.61 Å². The van der Waals surface area contributed by atoms with E-state index in [0.29, 0.717) is 5.56 Å². The fourth-order valence-electron chi connectivity index (χ4n) is 1.06. The molecule has 0 aromatic heterocycles. The lowest BCUT2D eigenvalue weighted by Crippen LogP contribution is -2.14. The summed E-state index contributed by atoms with van der Waals surface area (Å²) in [6.45, 7) is 3.61. The molecule has 14 heavy (non-hydrogen) atoms. The number of nitrogens with zero attached hydrogens (tertiary/aromatic N) is 1. The van der Waals surface area contributed by atoms with E-state index in [9.17, 15) is 10.1 Å². The summed E-state index contributed by atoms with van der Waals surface area (Å²) in [5, 5.41) is 10.7. The lowest BCUT2D eigenvalue weighted by molar-refractivity contribution is -0.583. The van der Waals surface area contributed by atoms with Crippen LogP contribution in [0.5, 0.6) is 0 Å². The van der Waals surface area contributed by atoms with E-state index in [0.717, 1.165) is 0 Å². The van der Waals surface area contributed by atoms with Crippen LogP contribution in [0.25, 0.3) is 0 Å². The molecule has 0 amide bonds. The van der Waals surface area contributed by atoms with Crippen LogP contribution in [0.15, 0.2) is 43.0 Å². The molecule has 74 valence electrons. The Balaban J connectivity index is 2.78. The van der Waals surface area contributed by atoms with E-state index in [1.165, 1.54) is 6.08 Å². The lowest BCUT2D eigenvalue weighted by Gasteiger charge is -2.08. The molecule has 1 aromatic carbocycles. The van der Waals surface area contributed by atoms with Gasteiger partial charge in [-0.2, -0.15) is 0 Å². The number of ether oxygens (including phenoxy) is 1. The van der Waals surface area contributed by atoms with E-state index in [1.807, 2.05) is 0 Å². The zero-order chi connectivity index (χ0) is 10.4.